The summed E-state index contributed by atoms with van der Waals surface area (Å²) in [5.74, 6) is 1.70. The third-order valence-electron chi connectivity index (χ3n) is 10.8. The van der Waals surface area contributed by atoms with Crippen LogP contribution in [0.5, 0.6) is 11.5 Å². The maximum Gasteiger partial charge on any atom is 0.137 e. The standard InChI is InChI=1S/C52H33NO2/c1-4-14-34(15-5-1)37-30-38(35-16-6-2-7-17-35)32-39(31-37)36-26-27-41-42-21-12-22-43-45(28-29-49(51(42)43)55-50(41)33-36)53(40-18-8-3-9-19-40)46-23-13-25-48-52(46)44-20-10-11-24-47(44)54-48/h1-33H. The minimum Gasteiger partial charge on any atom is -0.456 e. The third-order valence-corrected chi connectivity index (χ3v) is 10.8. The molecule has 2 heterocycles. The van der Waals surface area contributed by atoms with Crippen molar-refractivity contribution in [2.75, 3.05) is 4.90 Å². The van der Waals surface area contributed by atoms with E-state index in [2.05, 4.69) is 193 Å². The van der Waals surface area contributed by atoms with Crippen LogP contribution in [0.25, 0.3) is 77.2 Å². The second kappa shape index (κ2) is 12.6. The maximum atomic E-state index is 6.87. The lowest BCUT2D eigenvalue weighted by Crippen LogP contribution is -2.11. The monoisotopic (exact) mass is 703 g/mol. The Bertz CT molecular complexity index is 3000. The molecule has 0 bridgehead atoms. The van der Waals surface area contributed by atoms with Crippen LogP contribution in [0.3, 0.4) is 0 Å². The Morgan fingerprint density at radius 2 is 0.945 bits per heavy atom. The number of hydrogen-bond donors (Lipinski definition) is 0. The molecule has 258 valence electrons. The van der Waals surface area contributed by atoms with E-state index in [1.54, 1.807) is 0 Å². The summed E-state index contributed by atoms with van der Waals surface area (Å²) in [5.41, 5.74) is 14.2. The van der Waals surface area contributed by atoms with Crippen LogP contribution in [0.4, 0.5) is 17.1 Å². The molecule has 1 aromatic heterocycles. The zero-order chi connectivity index (χ0) is 36.3. The van der Waals surface area contributed by atoms with Crippen molar-refractivity contribution >= 4 is 49.8 Å². The molecule has 0 spiro atoms. The van der Waals surface area contributed by atoms with Gasteiger partial charge in [0.1, 0.15) is 22.7 Å². The molecule has 11 rings (SSSR count). The highest BCUT2D eigenvalue weighted by molar-refractivity contribution is 6.16. The van der Waals surface area contributed by atoms with Gasteiger partial charge in [-0.3, -0.25) is 0 Å². The minimum absolute atomic E-state index is 0.849. The van der Waals surface area contributed by atoms with Crippen molar-refractivity contribution in [2.24, 2.45) is 0 Å². The van der Waals surface area contributed by atoms with Crippen molar-refractivity contribution < 1.29 is 9.15 Å². The van der Waals surface area contributed by atoms with E-state index in [4.69, 9.17) is 9.15 Å². The van der Waals surface area contributed by atoms with Gasteiger partial charge in [-0.15, -0.1) is 0 Å². The van der Waals surface area contributed by atoms with Gasteiger partial charge in [0.15, 0.2) is 0 Å². The molecule has 1 aliphatic heterocycles. The summed E-state index contributed by atoms with van der Waals surface area (Å²) in [4.78, 5) is 2.36. The Labute approximate surface area is 318 Å². The van der Waals surface area contributed by atoms with E-state index in [1.807, 2.05) is 12.1 Å². The van der Waals surface area contributed by atoms with Crippen molar-refractivity contribution in [1.82, 2.24) is 0 Å². The quantitative estimate of drug-likeness (QED) is 0.172. The SMILES string of the molecule is c1ccc(-c2cc(-c3ccccc3)cc(-c3ccc4c(c3)Oc3ccc(N(c5ccccc5)c5cccc6oc7ccccc7c56)c5cccc-4c35)c2)cc1. The first-order valence-corrected chi connectivity index (χ1v) is 18.7. The van der Waals surface area contributed by atoms with Crippen LogP contribution in [0.1, 0.15) is 0 Å². The molecule has 3 nitrogen and oxygen atoms in total. The van der Waals surface area contributed by atoms with Crippen LogP contribution in [0, 0.1) is 0 Å². The predicted molar refractivity (Wildman–Crippen MR) is 228 cm³/mol. The van der Waals surface area contributed by atoms with Crippen molar-refractivity contribution in [2.45, 2.75) is 0 Å². The largest absolute Gasteiger partial charge is 0.456 e. The normalized spacial score (nSPS) is 11.8. The van der Waals surface area contributed by atoms with Gasteiger partial charge in [0.25, 0.3) is 0 Å². The first kappa shape index (κ1) is 31.2. The third kappa shape index (κ3) is 5.20. The van der Waals surface area contributed by atoms with E-state index >= 15 is 0 Å². The summed E-state index contributed by atoms with van der Waals surface area (Å²) in [6.07, 6.45) is 0. The minimum atomic E-state index is 0.849. The van der Waals surface area contributed by atoms with Gasteiger partial charge in [-0.25, -0.2) is 0 Å². The molecule has 0 unspecified atom stereocenters. The van der Waals surface area contributed by atoms with Crippen LogP contribution in [-0.2, 0) is 0 Å². The van der Waals surface area contributed by atoms with Gasteiger partial charge >= 0.3 is 0 Å². The molecule has 0 fully saturated rings. The van der Waals surface area contributed by atoms with Gasteiger partial charge in [0.05, 0.1) is 16.8 Å². The van der Waals surface area contributed by atoms with Crippen LogP contribution in [-0.4, -0.2) is 0 Å². The number of furan rings is 1. The molecule has 0 saturated heterocycles. The fourth-order valence-electron chi connectivity index (χ4n) is 8.31. The molecule has 0 atom stereocenters. The highest BCUT2D eigenvalue weighted by Gasteiger charge is 2.26. The molecular formula is C52H33NO2. The number of rotatable bonds is 6. The van der Waals surface area contributed by atoms with Crippen molar-refractivity contribution in [1.29, 1.82) is 0 Å². The first-order valence-electron chi connectivity index (χ1n) is 18.7. The van der Waals surface area contributed by atoms with Crippen LogP contribution >= 0.6 is 0 Å². The molecule has 0 saturated carbocycles. The summed E-state index contributed by atoms with van der Waals surface area (Å²) in [6.45, 7) is 0. The molecule has 0 N–H and O–H groups in total. The molecule has 0 radical (unpaired) electrons. The molecular weight excluding hydrogens is 671 g/mol. The second-order valence-corrected chi connectivity index (χ2v) is 14.1. The highest BCUT2D eigenvalue weighted by atomic mass is 16.5. The number of ether oxygens (including phenoxy) is 1. The summed E-state index contributed by atoms with van der Waals surface area (Å²) in [7, 11) is 0. The number of para-hydroxylation sites is 2. The molecule has 0 amide bonds. The van der Waals surface area contributed by atoms with Gasteiger partial charge in [-0.05, 0) is 112 Å². The van der Waals surface area contributed by atoms with Gasteiger partial charge in [0, 0.05) is 27.4 Å². The van der Waals surface area contributed by atoms with Gasteiger partial charge < -0.3 is 14.1 Å². The highest BCUT2D eigenvalue weighted by Crippen LogP contribution is 2.52. The van der Waals surface area contributed by atoms with Crippen LogP contribution < -0.4 is 9.64 Å². The van der Waals surface area contributed by atoms with Crippen LogP contribution in [0.2, 0.25) is 0 Å². The summed E-state index contributed by atoms with van der Waals surface area (Å²) >= 11 is 0. The average molecular weight is 704 g/mol. The lowest BCUT2D eigenvalue weighted by molar-refractivity contribution is 0.487. The van der Waals surface area contributed by atoms with E-state index in [0.29, 0.717) is 0 Å². The fourth-order valence-corrected chi connectivity index (χ4v) is 8.31. The Hall–Kier alpha value is -7.36. The number of benzene rings is 9. The van der Waals surface area contributed by atoms with E-state index in [0.717, 1.165) is 83.5 Å². The average Bonchev–Trinajstić information content (AvgIpc) is 3.65. The Morgan fingerprint density at radius 1 is 0.327 bits per heavy atom. The maximum absolute atomic E-state index is 6.87. The summed E-state index contributed by atoms with van der Waals surface area (Å²) in [6, 6.07) is 70.8. The molecule has 55 heavy (non-hydrogen) atoms. The Morgan fingerprint density at radius 3 is 1.69 bits per heavy atom. The first-order chi connectivity index (χ1) is 27.3. The zero-order valence-corrected chi connectivity index (χ0v) is 29.8. The van der Waals surface area contributed by atoms with Crippen LogP contribution in [0.15, 0.2) is 205 Å². The number of hydrogen-bond acceptors (Lipinski definition) is 3. The molecule has 9 aromatic carbocycles. The van der Waals surface area contributed by atoms with E-state index in [1.165, 1.54) is 22.3 Å². The van der Waals surface area contributed by atoms with Gasteiger partial charge in [-0.2, -0.15) is 0 Å². The Kier molecular flexibility index (Phi) is 7.17. The number of anilines is 3. The van der Waals surface area contributed by atoms with E-state index < -0.39 is 0 Å². The van der Waals surface area contributed by atoms with Gasteiger partial charge in [-0.1, -0.05) is 127 Å². The fraction of sp³-hybridized carbons (Fsp3) is 0. The lowest BCUT2D eigenvalue weighted by atomic mass is 9.90. The molecule has 3 heteroatoms. The summed E-state index contributed by atoms with van der Waals surface area (Å²) < 4.78 is 13.2. The second-order valence-electron chi connectivity index (χ2n) is 14.1. The van der Waals surface area contributed by atoms with Crippen molar-refractivity contribution in [3.05, 3.63) is 200 Å². The zero-order valence-electron chi connectivity index (χ0n) is 29.8. The lowest BCUT2D eigenvalue weighted by Gasteiger charge is -2.29. The smallest absolute Gasteiger partial charge is 0.137 e. The topological polar surface area (TPSA) is 25.6 Å². The number of fused-ring (bicyclic) bond motifs is 5. The summed E-state index contributed by atoms with van der Waals surface area (Å²) in [5, 5.41) is 4.39. The van der Waals surface area contributed by atoms with Crippen molar-refractivity contribution in [3.63, 3.8) is 0 Å². The molecule has 10 aromatic rings. The Balaban J connectivity index is 1.07. The molecule has 0 aliphatic carbocycles. The number of nitrogens with zero attached hydrogens (tertiary/aromatic N) is 1. The predicted octanol–water partition coefficient (Wildman–Crippen LogP) is 15.0. The molecule has 1 aliphatic rings. The van der Waals surface area contributed by atoms with Crippen molar-refractivity contribution in [3.8, 4) is 56.0 Å². The van der Waals surface area contributed by atoms with E-state index in [-0.39, 0.29) is 0 Å². The van der Waals surface area contributed by atoms with Gasteiger partial charge in [0.2, 0.25) is 0 Å². The van der Waals surface area contributed by atoms with E-state index in [9.17, 15) is 0 Å².